The quantitative estimate of drug-likeness (QED) is 0.0845. The van der Waals surface area contributed by atoms with Crippen LogP contribution in [-0.2, 0) is 47.8 Å². The van der Waals surface area contributed by atoms with Gasteiger partial charge in [-0.25, -0.2) is 0 Å². The SMILES string of the molecule is O=C(CCCOCCOCC(=O)NCCN1C(=O)C=CC1=O)COCCOCCNC(=O)CON=C1CSCSC1. The van der Waals surface area contributed by atoms with Crippen LogP contribution in [0.3, 0.4) is 0 Å². The first-order valence-electron chi connectivity index (χ1n) is 13.2. The van der Waals surface area contributed by atoms with E-state index in [0.717, 1.165) is 27.2 Å². The fourth-order valence-corrected chi connectivity index (χ4v) is 5.26. The molecule has 2 N–H and O–H groups in total. The number of imide groups is 1. The van der Waals surface area contributed by atoms with Gasteiger partial charge in [0.25, 0.3) is 17.7 Å². The number of ketones is 1. The summed E-state index contributed by atoms with van der Waals surface area (Å²) in [6, 6.07) is 0. The van der Waals surface area contributed by atoms with Crippen molar-refractivity contribution in [3.05, 3.63) is 12.2 Å². The Labute approximate surface area is 247 Å². The van der Waals surface area contributed by atoms with Gasteiger partial charge < -0.3 is 34.4 Å². The third-order valence-electron chi connectivity index (χ3n) is 5.20. The van der Waals surface area contributed by atoms with Crippen molar-refractivity contribution in [1.82, 2.24) is 15.5 Å². The van der Waals surface area contributed by atoms with Crippen LogP contribution >= 0.6 is 23.5 Å². The van der Waals surface area contributed by atoms with Crippen molar-refractivity contribution in [3.63, 3.8) is 0 Å². The second-order valence-electron chi connectivity index (χ2n) is 8.58. The molecule has 0 radical (unpaired) electrons. The smallest absolute Gasteiger partial charge is 0.260 e. The molecule has 0 aromatic rings. The highest BCUT2D eigenvalue weighted by molar-refractivity contribution is 8.17. The Balaban J connectivity index is 1.28. The van der Waals surface area contributed by atoms with Crippen LogP contribution < -0.4 is 10.6 Å². The molecule has 0 saturated carbocycles. The van der Waals surface area contributed by atoms with Crippen LogP contribution in [0.1, 0.15) is 12.8 Å². The lowest BCUT2D eigenvalue weighted by Crippen LogP contribution is -2.39. The minimum Gasteiger partial charge on any atom is -0.386 e. The monoisotopic (exact) mass is 618 g/mol. The number of nitrogens with one attached hydrogen (secondary N) is 2. The Hall–Kier alpha value is -2.50. The first kappa shape index (κ1) is 34.7. The number of carbonyl (C=O) groups excluding carboxylic acids is 5. The van der Waals surface area contributed by atoms with E-state index < -0.39 is 11.8 Å². The fourth-order valence-electron chi connectivity index (χ4n) is 3.21. The van der Waals surface area contributed by atoms with Crippen LogP contribution in [0, 0.1) is 0 Å². The zero-order chi connectivity index (χ0) is 29.5. The predicted octanol–water partition coefficient (Wildman–Crippen LogP) is -0.630. The van der Waals surface area contributed by atoms with E-state index in [9.17, 15) is 24.0 Å². The van der Waals surface area contributed by atoms with Gasteiger partial charge in [0, 0.05) is 61.4 Å². The number of thioether (sulfide) groups is 2. The summed E-state index contributed by atoms with van der Waals surface area (Å²) >= 11 is 3.55. The summed E-state index contributed by atoms with van der Waals surface area (Å²) in [7, 11) is 0. The summed E-state index contributed by atoms with van der Waals surface area (Å²) in [4.78, 5) is 64.2. The maximum absolute atomic E-state index is 11.9. The number of amides is 4. The van der Waals surface area contributed by atoms with E-state index in [1.54, 1.807) is 23.5 Å². The van der Waals surface area contributed by atoms with Crippen LogP contribution in [0.4, 0.5) is 0 Å². The van der Waals surface area contributed by atoms with Crippen LogP contribution in [-0.4, -0.2) is 136 Å². The number of rotatable bonds is 23. The Morgan fingerprint density at radius 3 is 2.12 bits per heavy atom. The minimum atomic E-state index is -0.394. The van der Waals surface area contributed by atoms with Crippen LogP contribution in [0.25, 0.3) is 0 Å². The van der Waals surface area contributed by atoms with Crippen molar-refractivity contribution in [2.24, 2.45) is 5.16 Å². The van der Waals surface area contributed by atoms with Crippen molar-refractivity contribution in [2.75, 3.05) is 95.7 Å². The van der Waals surface area contributed by atoms with Crippen molar-refractivity contribution in [1.29, 1.82) is 0 Å². The molecule has 0 spiro atoms. The average molecular weight is 619 g/mol. The largest absolute Gasteiger partial charge is 0.386 e. The zero-order valence-corrected chi connectivity index (χ0v) is 24.6. The number of nitrogens with zero attached hydrogens (tertiary/aromatic N) is 2. The molecule has 16 heteroatoms. The standard InChI is InChI=1S/C25H38N4O10S2/c30-21(14-37-12-11-36-9-6-27-23(32)16-39-28-20-17-40-19-41-18-20)2-1-8-35-10-13-38-15-22(31)26-5-7-29-24(33)3-4-25(29)34/h3-4H,1-2,5-19H2,(H,26,31)(H,27,32). The second kappa shape index (κ2) is 22.1. The Kier molecular flexibility index (Phi) is 18.7. The molecule has 230 valence electrons. The van der Waals surface area contributed by atoms with Crippen LogP contribution in [0.5, 0.6) is 0 Å². The molecule has 0 unspecified atom stereocenters. The molecule has 0 atom stereocenters. The molecule has 41 heavy (non-hydrogen) atoms. The second-order valence-corrected chi connectivity index (χ2v) is 10.9. The van der Waals surface area contributed by atoms with Gasteiger partial charge in [-0.3, -0.25) is 28.9 Å². The maximum atomic E-state index is 11.9. The van der Waals surface area contributed by atoms with E-state index in [1.807, 2.05) is 0 Å². The van der Waals surface area contributed by atoms with E-state index in [0.29, 0.717) is 39.2 Å². The normalized spacial score (nSPS) is 14.8. The molecule has 2 aliphatic rings. The van der Waals surface area contributed by atoms with Crippen LogP contribution in [0.2, 0.25) is 0 Å². The van der Waals surface area contributed by atoms with E-state index >= 15 is 0 Å². The van der Waals surface area contributed by atoms with Gasteiger partial charge in [0.2, 0.25) is 5.91 Å². The van der Waals surface area contributed by atoms with Gasteiger partial charge in [-0.2, -0.15) is 0 Å². The van der Waals surface area contributed by atoms with Gasteiger partial charge in [0.05, 0.1) is 38.7 Å². The summed E-state index contributed by atoms with van der Waals surface area (Å²) in [5, 5.41) is 10.3. The van der Waals surface area contributed by atoms with Crippen molar-refractivity contribution in [2.45, 2.75) is 12.8 Å². The third kappa shape index (κ3) is 17.1. The maximum Gasteiger partial charge on any atom is 0.260 e. The van der Waals surface area contributed by atoms with E-state index in [1.165, 1.54) is 12.2 Å². The summed E-state index contributed by atoms with van der Waals surface area (Å²) in [5.74, 6) is 0.212. The summed E-state index contributed by atoms with van der Waals surface area (Å²) in [6.07, 6.45) is 3.23. The number of carbonyl (C=O) groups is 5. The number of hydrogen-bond acceptors (Lipinski definition) is 13. The van der Waals surface area contributed by atoms with E-state index in [4.69, 9.17) is 23.8 Å². The Bertz CT molecular complexity index is 893. The number of oxime groups is 1. The summed E-state index contributed by atoms with van der Waals surface area (Å²) in [5.41, 5.74) is 0.946. The minimum absolute atomic E-state index is 0.00817. The molecule has 4 amide bonds. The predicted molar refractivity (Wildman–Crippen MR) is 153 cm³/mol. The first-order chi connectivity index (χ1) is 20.0. The molecule has 2 heterocycles. The van der Waals surface area contributed by atoms with Gasteiger partial charge >= 0.3 is 0 Å². The Morgan fingerprint density at radius 2 is 1.39 bits per heavy atom. The van der Waals surface area contributed by atoms with Crippen molar-refractivity contribution < 1.29 is 47.8 Å². The molecule has 1 fully saturated rings. The van der Waals surface area contributed by atoms with Crippen molar-refractivity contribution >= 4 is 58.6 Å². The lowest BCUT2D eigenvalue weighted by molar-refractivity contribution is -0.137. The molecule has 0 bridgehead atoms. The lowest BCUT2D eigenvalue weighted by atomic mass is 10.2. The molecular formula is C25H38N4O10S2. The third-order valence-corrected chi connectivity index (χ3v) is 7.61. The molecule has 0 aliphatic carbocycles. The molecular weight excluding hydrogens is 580 g/mol. The van der Waals surface area contributed by atoms with Gasteiger partial charge in [-0.05, 0) is 6.42 Å². The van der Waals surface area contributed by atoms with E-state index in [2.05, 4.69) is 15.8 Å². The highest BCUT2D eigenvalue weighted by Gasteiger charge is 2.22. The van der Waals surface area contributed by atoms with Crippen LogP contribution in [0.15, 0.2) is 17.3 Å². The molecule has 2 rings (SSSR count). The molecule has 0 aromatic carbocycles. The lowest BCUT2D eigenvalue weighted by Gasteiger charge is -2.14. The fraction of sp³-hybridized carbons (Fsp3) is 0.680. The highest BCUT2D eigenvalue weighted by atomic mass is 32.2. The highest BCUT2D eigenvalue weighted by Crippen LogP contribution is 2.19. The topological polar surface area (TPSA) is 171 Å². The van der Waals surface area contributed by atoms with Crippen molar-refractivity contribution in [3.8, 4) is 0 Å². The summed E-state index contributed by atoms with van der Waals surface area (Å²) in [6.45, 7) is 2.04. The zero-order valence-electron chi connectivity index (χ0n) is 23.0. The van der Waals surface area contributed by atoms with Gasteiger partial charge in [-0.15, -0.1) is 23.5 Å². The molecule has 0 aromatic heterocycles. The van der Waals surface area contributed by atoms with Gasteiger partial charge in [-0.1, -0.05) is 5.16 Å². The van der Waals surface area contributed by atoms with Gasteiger partial charge in [0.15, 0.2) is 12.4 Å². The number of Topliss-reactive ketones (excluding diaryl/α,β-unsaturated/α-hetero) is 1. The number of hydrogen-bond donors (Lipinski definition) is 2. The molecule has 2 aliphatic heterocycles. The van der Waals surface area contributed by atoms with Gasteiger partial charge in [0.1, 0.15) is 13.2 Å². The summed E-state index contributed by atoms with van der Waals surface area (Å²) < 4.78 is 21.2. The van der Waals surface area contributed by atoms with E-state index in [-0.39, 0.29) is 70.3 Å². The molecule has 1 saturated heterocycles. The molecule has 14 nitrogen and oxygen atoms in total. The number of ether oxygens (including phenoxy) is 4. The Morgan fingerprint density at radius 1 is 0.780 bits per heavy atom. The first-order valence-corrected chi connectivity index (χ1v) is 15.5. The average Bonchev–Trinajstić information content (AvgIpc) is 3.28.